The summed E-state index contributed by atoms with van der Waals surface area (Å²) in [5.41, 5.74) is 3.54. The van der Waals surface area contributed by atoms with Crippen molar-refractivity contribution in [2.45, 2.75) is 42.9 Å². The third kappa shape index (κ3) is 7.91. The molecule has 8 nitrogen and oxygen atoms in total. The largest absolute Gasteiger partial charge is 0.503 e. The lowest BCUT2D eigenvalue weighted by Gasteiger charge is -2.22. The van der Waals surface area contributed by atoms with E-state index < -0.39 is 31.4 Å². The molecule has 1 aliphatic heterocycles. The van der Waals surface area contributed by atoms with Gasteiger partial charge in [-0.1, -0.05) is 71.8 Å². The second-order valence-electron chi connectivity index (χ2n) is 10.1. The first-order valence-corrected chi connectivity index (χ1v) is 16.6. The number of aromatic nitrogens is 1. The van der Waals surface area contributed by atoms with Gasteiger partial charge in [0.1, 0.15) is 0 Å². The van der Waals surface area contributed by atoms with E-state index in [0.717, 1.165) is 42.7 Å². The highest BCUT2D eigenvalue weighted by Gasteiger charge is 2.22. The molecule has 0 unspecified atom stereocenters. The Morgan fingerprint density at radius 2 is 1.30 bits per heavy atom. The summed E-state index contributed by atoms with van der Waals surface area (Å²) in [5.74, 6) is -0.604. The molecule has 1 aromatic heterocycles. The third-order valence-corrected chi connectivity index (χ3v) is 10.3. The van der Waals surface area contributed by atoms with Crippen molar-refractivity contribution in [1.82, 2.24) is 8.28 Å². The average Bonchev–Trinajstić information content (AvgIpc) is 3.00. The molecule has 0 spiro atoms. The maximum atomic E-state index is 12.6. The first-order valence-electron chi connectivity index (χ1n) is 13.7. The standard InChI is InChI=1S/C21H23NO2S.C12H11NO4S/c1-18-10-12-21(13-11-18)25(23,24)22-16-14-20(15-17-22)9-5-8-19-6-3-2-4-7-19;1-9-4-6-10(7-5-9)18(16,17)13-8-2-3-11(14)12(13)15/h2-4,6-7,10-16H,5,8-9,17H2,1H3;2-8,14H,1H3. The van der Waals surface area contributed by atoms with E-state index in [0.29, 0.717) is 15.4 Å². The molecule has 1 aliphatic rings. The fourth-order valence-corrected chi connectivity index (χ4v) is 6.84. The molecular weight excluding hydrogens is 585 g/mol. The molecule has 0 bridgehead atoms. The minimum absolute atomic E-state index is 0.000741. The van der Waals surface area contributed by atoms with Gasteiger partial charge in [0.2, 0.25) is 0 Å². The molecule has 0 amide bonds. The molecule has 0 saturated carbocycles. The summed E-state index contributed by atoms with van der Waals surface area (Å²) >= 11 is 0. The molecule has 0 radical (unpaired) electrons. The Balaban J connectivity index is 0.000000208. The molecule has 4 aromatic rings. The van der Waals surface area contributed by atoms with E-state index in [1.54, 1.807) is 30.5 Å². The summed E-state index contributed by atoms with van der Waals surface area (Å²) in [6.07, 6.45) is 9.79. The molecule has 5 rings (SSSR count). The van der Waals surface area contributed by atoms with Crippen molar-refractivity contribution in [3.8, 4) is 5.75 Å². The monoisotopic (exact) mass is 618 g/mol. The number of pyridine rings is 1. The van der Waals surface area contributed by atoms with Crippen LogP contribution in [0.15, 0.2) is 136 Å². The van der Waals surface area contributed by atoms with Gasteiger partial charge in [-0.15, -0.1) is 0 Å². The SMILES string of the molecule is Cc1ccc(S(=O)(=O)N2C=CC(CCCc3ccccc3)=CC2)cc1.Cc1ccc(S(=O)(=O)n2cccc(O)c2=O)cc1. The third-order valence-electron chi connectivity index (χ3n) is 6.86. The zero-order valence-electron chi connectivity index (χ0n) is 24.0. The first-order chi connectivity index (χ1) is 20.5. The highest BCUT2D eigenvalue weighted by molar-refractivity contribution is 7.90. The van der Waals surface area contributed by atoms with Crippen LogP contribution in [0.3, 0.4) is 0 Å². The van der Waals surface area contributed by atoms with Crippen molar-refractivity contribution in [3.63, 3.8) is 0 Å². The van der Waals surface area contributed by atoms with Crippen molar-refractivity contribution in [1.29, 1.82) is 0 Å². The summed E-state index contributed by atoms with van der Waals surface area (Å²) < 4.78 is 51.6. The summed E-state index contributed by atoms with van der Waals surface area (Å²) in [6.45, 7) is 4.17. The predicted octanol–water partition coefficient (Wildman–Crippen LogP) is 5.56. The quantitative estimate of drug-likeness (QED) is 0.277. The minimum Gasteiger partial charge on any atom is -0.503 e. The molecule has 0 fully saturated rings. The molecular formula is C33H34N2O6S2. The molecule has 2 heterocycles. The van der Waals surface area contributed by atoms with Gasteiger partial charge in [-0.25, -0.2) is 20.8 Å². The van der Waals surface area contributed by atoms with Crippen LogP contribution in [-0.2, 0) is 26.5 Å². The second kappa shape index (κ2) is 13.7. The number of rotatable bonds is 8. The Morgan fingerprint density at radius 1 is 0.721 bits per heavy atom. The Bertz CT molecular complexity index is 1880. The number of allylic oxidation sites excluding steroid dienone is 2. The van der Waals surface area contributed by atoms with E-state index in [-0.39, 0.29) is 4.90 Å². The number of hydrogen-bond donors (Lipinski definition) is 1. The number of nitrogens with zero attached hydrogens (tertiary/aromatic N) is 2. The fraction of sp³-hybridized carbons (Fsp3) is 0.182. The van der Waals surface area contributed by atoms with Crippen LogP contribution in [0.25, 0.3) is 0 Å². The molecule has 0 atom stereocenters. The van der Waals surface area contributed by atoms with Gasteiger partial charge < -0.3 is 5.11 Å². The summed E-state index contributed by atoms with van der Waals surface area (Å²) in [4.78, 5) is 11.9. The van der Waals surface area contributed by atoms with Crippen LogP contribution >= 0.6 is 0 Å². The maximum Gasteiger partial charge on any atom is 0.306 e. The summed E-state index contributed by atoms with van der Waals surface area (Å²) in [5, 5.41) is 9.26. The predicted molar refractivity (Wildman–Crippen MR) is 168 cm³/mol. The van der Waals surface area contributed by atoms with Gasteiger partial charge >= 0.3 is 5.56 Å². The van der Waals surface area contributed by atoms with E-state index in [1.165, 1.54) is 33.6 Å². The van der Waals surface area contributed by atoms with Crippen molar-refractivity contribution in [2.24, 2.45) is 0 Å². The second-order valence-corrected chi connectivity index (χ2v) is 13.8. The molecule has 1 N–H and O–H groups in total. The van der Waals surface area contributed by atoms with E-state index in [4.69, 9.17) is 0 Å². The minimum atomic E-state index is -3.96. The smallest absolute Gasteiger partial charge is 0.306 e. The van der Waals surface area contributed by atoms with Crippen LogP contribution in [0.1, 0.15) is 29.5 Å². The van der Waals surface area contributed by atoms with Gasteiger partial charge in [0.15, 0.2) is 5.75 Å². The Morgan fingerprint density at radius 3 is 1.86 bits per heavy atom. The van der Waals surface area contributed by atoms with Crippen LogP contribution in [0.4, 0.5) is 0 Å². The van der Waals surface area contributed by atoms with Gasteiger partial charge in [-0.2, -0.15) is 0 Å². The van der Waals surface area contributed by atoms with E-state index in [1.807, 2.05) is 44.2 Å². The number of hydrogen-bond acceptors (Lipinski definition) is 6. The van der Waals surface area contributed by atoms with Crippen molar-refractivity contribution in [3.05, 3.63) is 148 Å². The first kappa shape index (κ1) is 31.5. The highest BCUT2D eigenvalue weighted by atomic mass is 32.2. The van der Waals surface area contributed by atoms with Crippen LogP contribution in [0, 0.1) is 13.8 Å². The van der Waals surface area contributed by atoms with Crippen molar-refractivity contribution < 1.29 is 21.9 Å². The van der Waals surface area contributed by atoms with E-state index in [2.05, 4.69) is 24.3 Å². The van der Waals surface area contributed by atoms with E-state index in [9.17, 15) is 26.7 Å². The van der Waals surface area contributed by atoms with Crippen LogP contribution in [0.5, 0.6) is 5.75 Å². The van der Waals surface area contributed by atoms with Gasteiger partial charge in [0.05, 0.1) is 16.3 Å². The lowest BCUT2D eigenvalue weighted by atomic mass is 10.0. The van der Waals surface area contributed by atoms with Crippen molar-refractivity contribution >= 4 is 20.0 Å². The van der Waals surface area contributed by atoms with Crippen LogP contribution in [-0.4, -0.2) is 36.8 Å². The molecule has 43 heavy (non-hydrogen) atoms. The Kier molecular flexibility index (Phi) is 10.1. The number of aromatic hydroxyl groups is 1. The Hall–Kier alpha value is -4.41. The Labute approximate surface area is 253 Å². The normalized spacial score (nSPS) is 13.2. The van der Waals surface area contributed by atoms with E-state index >= 15 is 0 Å². The summed E-state index contributed by atoms with van der Waals surface area (Å²) in [7, 11) is -7.43. The molecule has 0 saturated heterocycles. The molecule has 0 aliphatic carbocycles. The van der Waals surface area contributed by atoms with Gasteiger partial charge in [-0.3, -0.25) is 9.10 Å². The summed E-state index contributed by atoms with van der Waals surface area (Å²) in [6, 6.07) is 26.0. The zero-order chi connectivity index (χ0) is 31.0. The number of benzene rings is 3. The number of sulfonamides is 1. The molecule has 224 valence electrons. The average molecular weight is 619 g/mol. The lowest BCUT2D eigenvalue weighted by Crippen LogP contribution is -2.27. The highest BCUT2D eigenvalue weighted by Crippen LogP contribution is 2.22. The van der Waals surface area contributed by atoms with Gasteiger partial charge in [0, 0.05) is 12.4 Å². The zero-order valence-corrected chi connectivity index (χ0v) is 25.6. The fourth-order valence-electron chi connectivity index (χ4n) is 4.34. The maximum absolute atomic E-state index is 12.6. The lowest BCUT2D eigenvalue weighted by molar-refractivity contribution is 0.464. The molecule has 10 heteroatoms. The van der Waals surface area contributed by atoms with Crippen LogP contribution in [0.2, 0.25) is 0 Å². The van der Waals surface area contributed by atoms with Gasteiger partial charge in [-0.05, 0) is 86.7 Å². The van der Waals surface area contributed by atoms with Gasteiger partial charge in [0.25, 0.3) is 20.0 Å². The topological polar surface area (TPSA) is 114 Å². The van der Waals surface area contributed by atoms with Crippen molar-refractivity contribution in [2.75, 3.05) is 6.54 Å². The number of aryl methyl sites for hydroxylation is 3. The van der Waals surface area contributed by atoms with Crippen LogP contribution < -0.4 is 5.56 Å². The molecule has 3 aromatic carbocycles.